The van der Waals surface area contributed by atoms with E-state index in [1.54, 1.807) is 16.0 Å². The zero-order valence-corrected chi connectivity index (χ0v) is 14.8. The molecule has 2 rings (SSSR count). The molecule has 0 radical (unpaired) electrons. The van der Waals surface area contributed by atoms with Crippen LogP contribution in [0.5, 0.6) is 0 Å². The molecular weight excluding hydrogens is 385 g/mol. The predicted octanol–water partition coefficient (Wildman–Crippen LogP) is 2.35. The molecule has 0 saturated carbocycles. The summed E-state index contributed by atoms with van der Waals surface area (Å²) in [7, 11) is 1.91. The summed E-state index contributed by atoms with van der Waals surface area (Å²) in [6.45, 7) is 4.34. The van der Waals surface area contributed by atoms with Crippen molar-refractivity contribution in [1.29, 1.82) is 0 Å². The maximum absolute atomic E-state index is 4.54. The Hall–Kier alpha value is -1.09. The van der Waals surface area contributed by atoms with Gasteiger partial charge >= 0.3 is 0 Å². The lowest BCUT2D eigenvalue weighted by Gasteiger charge is -2.10. The second-order valence-electron chi connectivity index (χ2n) is 4.20. The third-order valence-corrected chi connectivity index (χ3v) is 3.29. The monoisotopic (exact) mass is 405 g/mol. The molecule has 0 fully saturated rings. The molecule has 2 aromatic heterocycles. The predicted molar refractivity (Wildman–Crippen MR) is 94.6 cm³/mol. The Morgan fingerprint density at radius 2 is 2.25 bits per heavy atom. The highest BCUT2D eigenvalue weighted by Gasteiger charge is 1.99. The SMILES string of the molecule is CCNC(=NCc1cnn(C)c1)NCc1ccsc1.I. The van der Waals surface area contributed by atoms with Gasteiger partial charge in [-0.25, -0.2) is 4.99 Å². The molecule has 0 aliphatic carbocycles. The van der Waals surface area contributed by atoms with Gasteiger partial charge in [-0.15, -0.1) is 24.0 Å². The highest BCUT2D eigenvalue weighted by atomic mass is 127. The molecule has 110 valence electrons. The summed E-state index contributed by atoms with van der Waals surface area (Å²) < 4.78 is 1.79. The Labute approximate surface area is 140 Å². The quantitative estimate of drug-likeness (QED) is 0.456. The van der Waals surface area contributed by atoms with E-state index in [0.29, 0.717) is 6.54 Å². The van der Waals surface area contributed by atoms with Gasteiger partial charge in [0.05, 0.1) is 12.7 Å². The smallest absolute Gasteiger partial charge is 0.191 e. The number of hydrogen-bond acceptors (Lipinski definition) is 3. The fourth-order valence-corrected chi connectivity index (χ4v) is 2.31. The summed E-state index contributed by atoms with van der Waals surface area (Å²) in [6.07, 6.45) is 3.82. The van der Waals surface area contributed by atoms with Gasteiger partial charge in [0.25, 0.3) is 0 Å². The number of aromatic nitrogens is 2. The topological polar surface area (TPSA) is 54.2 Å². The van der Waals surface area contributed by atoms with E-state index in [4.69, 9.17) is 0 Å². The highest BCUT2D eigenvalue weighted by molar-refractivity contribution is 14.0. The molecule has 20 heavy (non-hydrogen) atoms. The van der Waals surface area contributed by atoms with Gasteiger partial charge < -0.3 is 10.6 Å². The molecule has 5 nitrogen and oxygen atoms in total. The minimum atomic E-state index is 0. The third-order valence-electron chi connectivity index (χ3n) is 2.56. The van der Waals surface area contributed by atoms with Gasteiger partial charge in [0.2, 0.25) is 0 Å². The van der Waals surface area contributed by atoms with Crippen LogP contribution in [0.15, 0.2) is 34.2 Å². The first-order valence-corrected chi connectivity index (χ1v) is 7.23. The number of halogens is 1. The molecule has 7 heteroatoms. The van der Waals surface area contributed by atoms with Crippen molar-refractivity contribution in [3.8, 4) is 0 Å². The molecule has 0 unspecified atom stereocenters. The summed E-state index contributed by atoms with van der Waals surface area (Å²) in [5, 5.41) is 14.9. The minimum absolute atomic E-state index is 0. The van der Waals surface area contributed by atoms with Crippen molar-refractivity contribution < 1.29 is 0 Å². The number of hydrogen-bond donors (Lipinski definition) is 2. The van der Waals surface area contributed by atoms with Crippen molar-refractivity contribution in [3.05, 3.63) is 40.3 Å². The Bertz CT molecular complexity index is 521. The molecule has 0 aromatic carbocycles. The number of rotatable bonds is 5. The lowest BCUT2D eigenvalue weighted by Crippen LogP contribution is -2.36. The van der Waals surface area contributed by atoms with Gasteiger partial charge in [-0.2, -0.15) is 16.4 Å². The number of aliphatic imine (C=N–C) groups is 1. The molecule has 2 aromatic rings. The van der Waals surface area contributed by atoms with Gasteiger partial charge in [0.15, 0.2) is 5.96 Å². The van der Waals surface area contributed by atoms with E-state index >= 15 is 0 Å². The Morgan fingerprint density at radius 1 is 1.40 bits per heavy atom. The lowest BCUT2D eigenvalue weighted by molar-refractivity contribution is 0.766. The first-order valence-electron chi connectivity index (χ1n) is 6.28. The van der Waals surface area contributed by atoms with Crippen molar-refractivity contribution in [2.75, 3.05) is 6.54 Å². The van der Waals surface area contributed by atoms with Crippen molar-refractivity contribution in [1.82, 2.24) is 20.4 Å². The number of guanidine groups is 1. The number of thiophene rings is 1. The number of aryl methyl sites for hydroxylation is 1. The summed E-state index contributed by atoms with van der Waals surface area (Å²) in [6, 6.07) is 2.11. The van der Waals surface area contributed by atoms with Gasteiger partial charge in [-0.3, -0.25) is 4.68 Å². The third kappa shape index (κ3) is 5.49. The van der Waals surface area contributed by atoms with Crippen molar-refractivity contribution in [2.45, 2.75) is 20.0 Å². The largest absolute Gasteiger partial charge is 0.357 e. The standard InChI is InChI=1S/C13H19N5S.HI/c1-3-14-13(15-6-11-4-5-19-10-11)16-7-12-8-17-18(2)9-12;/h4-5,8-10H,3,6-7H2,1-2H3,(H2,14,15,16);1H. The summed E-state index contributed by atoms with van der Waals surface area (Å²) in [4.78, 5) is 4.54. The highest BCUT2D eigenvalue weighted by Crippen LogP contribution is 2.05. The van der Waals surface area contributed by atoms with Crippen LogP contribution in [-0.4, -0.2) is 22.3 Å². The fourth-order valence-electron chi connectivity index (χ4n) is 1.64. The molecular formula is C13H20IN5S. The van der Waals surface area contributed by atoms with Crippen molar-refractivity contribution in [3.63, 3.8) is 0 Å². The van der Waals surface area contributed by atoms with Crippen LogP contribution in [0.1, 0.15) is 18.1 Å². The van der Waals surface area contributed by atoms with E-state index in [1.165, 1.54) is 5.56 Å². The van der Waals surface area contributed by atoms with Gasteiger partial charge in [-0.05, 0) is 29.3 Å². The lowest BCUT2D eigenvalue weighted by atomic mass is 10.3. The van der Waals surface area contributed by atoms with Gasteiger partial charge in [0.1, 0.15) is 0 Å². The van der Waals surface area contributed by atoms with Crippen LogP contribution < -0.4 is 10.6 Å². The average Bonchev–Trinajstić information content (AvgIpc) is 3.04. The Morgan fingerprint density at radius 3 is 2.85 bits per heavy atom. The molecule has 0 aliphatic rings. The van der Waals surface area contributed by atoms with Crippen LogP contribution in [0.4, 0.5) is 0 Å². The average molecular weight is 405 g/mol. The van der Waals surface area contributed by atoms with E-state index in [2.05, 4.69) is 44.5 Å². The second kappa shape index (κ2) is 8.96. The van der Waals surface area contributed by atoms with Crippen LogP contribution >= 0.6 is 35.3 Å². The maximum atomic E-state index is 4.54. The molecule has 0 atom stereocenters. The summed E-state index contributed by atoms with van der Waals surface area (Å²) >= 11 is 1.71. The van der Waals surface area contributed by atoms with Crippen molar-refractivity contribution in [2.24, 2.45) is 12.0 Å². The van der Waals surface area contributed by atoms with Crippen LogP contribution in [-0.2, 0) is 20.1 Å². The van der Waals surface area contributed by atoms with Crippen LogP contribution in [0.25, 0.3) is 0 Å². The first kappa shape index (κ1) is 17.0. The Kier molecular flexibility index (Phi) is 7.60. The van der Waals surface area contributed by atoms with Crippen LogP contribution in [0.3, 0.4) is 0 Å². The first-order chi connectivity index (χ1) is 9.28. The minimum Gasteiger partial charge on any atom is -0.357 e. The van der Waals surface area contributed by atoms with Crippen molar-refractivity contribution >= 4 is 41.3 Å². The van der Waals surface area contributed by atoms with E-state index in [0.717, 1.165) is 24.6 Å². The molecule has 0 amide bonds. The molecule has 0 aliphatic heterocycles. The molecule has 0 spiro atoms. The molecule has 0 saturated heterocycles. The normalized spacial score (nSPS) is 11.0. The zero-order valence-electron chi connectivity index (χ0n) is 11.7. The summed E-state index contributed by atoms with van der Waals surface area (Å²) in [5.74, 6) is 0.831. The molecule has 0 bridgehead atoms. The Balaban J connectivity index is 0.00000200. The molecule has 2 N–H and O–H groups in total. The number of nitrogens with zero attached hydrogens (tertiary/aromatic N) is 3. The number of nitrogens with one attached hydrogen (secondary N) is 2. The fraction of sp³-hybridized carbons (Fsp3) is 0.385. The van der Waals surface area contributed by atoms with E-state index in [1.807, 2.05) is 19.4 Å². The van der Waals surface area contributed by atoms with E-state index < -0.39 is 0 Å². The summed E-state index contributed by atoms with van der Waals surface area (Å²) in [5.41, 5.74) is 2.38. The van der Waals surface area contributed by atoms with Gasteiger partial charge in [-0.1, -0.05) is 0 Å². The molecule has 2 heterocycles. The van der Waals surface area contributed by atoms with E-state index in [9.17, 15) is 0 Å². The van der Waals surface area contributed by atoms with E-state index in [-0.39, 0.29) is 24.0 Å². The second-order valence-corrected chi connectivity index (χ2v) is 4.98. The maximum Gasteiger partial charge on any atom is 0.191 e. The van der Waals surface area contributed by atoms with Crippen LogP contribution in [0.2, 0.25) is 0 Å². The van der Waals surface area contributed by atoms with Gasteiger partial charge in [0, 0.05) is 31.9 Å². The zero-order chi connectivity index (χ0) is 13.5. The van der Waals surface area contributed by atoms with Crippen LogP contribution in [0, 0.1) is 0 Å².